The number of halogens is 5. The number of amides is 1. The van der Waals surface area contributed by atoms with E-state index in [2.05, 4.69) is 86.3 Å². The van der Waals surface area contributed by atoms with E-state index in [1.165, 1.54) is 30.3 Å². The predicted molar refractivity (Wildman–Crippen MR) is 282 cm³/mol. The first kappa shape index (κ1) is 64.7. The van der Waals surface area contributed by atoms with Crippen molar-refractivity contribution in [2.75, 3.05) is 40.5 Å². The monoisotopic (exact) mass is 1170 g/mol. The second kappa shape index (κ2) is 35.7. The van der Waals surface area contributed by atoms with Gasteiger partial charge in [0.1, 0.15) is 45.3 Å². The lowest BCUT2D eigenvalue weighted by atomic mass is 10.1. The van der Waals surface area contributed by atoms with E-state index in [4.69, 9.17) is 29.2 Å². The van der Waals surface area contributed by atoms with Crippen molar-refractivity contribution in [2.45, 2.75) is 106 Å². The number of nitrogens with one attached hydrogen (secondary N) is 2. The number of nitrogens with zero attached hydrogens (tertiary/aromatic N) is 14. The Kier molecular flexibility index (Phi) is 29.3. The molecular formula is C49H62BrF4N17O8. The van der Waals surface area contributed by atoms with Crippen LogP contribution in [0.2, 0.25) is 0 Å². The van der Waals surface area contributed by atoms with Gasteiger partial charge in [0, 0.05) is 25.9 Å². The van der Waals surface area contributed by atoms with E-state index < -0.39 is 17.5 Å². The summed E-state index contributed by atoms with van der Waals surface area (Å²) in [6.07, 6.45) is 12.0. The van der Waals surface area contributed by atoms with E-state index in [-0.39, 0.29) is 37.1 Å². The summed E-state index contributed by atoms with van der Waals surface area (Å²) in [7, 11) is 0. The van der Waals surface area contributed by atoms with Gasteiger partial charge in [-0.15, -0.1) is 0 Å². The minimum absolute atomic E-state index is 0. The van der Waals surface area contributed by atoms with E-state index in [0.29, 0.717) is 96.3 Å². The molecule has 426 valence electrons. The number of hydrogen-bond donors (Lipinski definition) is 4. The van der Waals surface area contributed by atoms with Crippen LogP contribution in [0.3, 0.4) is 0 Å². The second-order valence-electron chi connectivity index (χ2n) is 16.0. The van der Waals surface area contributed by atoms with E-state index >= 15 is 0 Å². The van der Waals surface area contributed by atoms with Crippen molar-refractivity contribution in [1.29, 1.82) is 0 Å². The molecule has 8 aromatic rings. The van der Waals surface area contributed by atoms with Crippen molar-refractivity contribution in [3.63, 3.8) is 0 Å². The molecule has 0 aromatic carbocycles. The molecular weight excluding hydrogens is 1110 g/mol. The van der Waals surface area contributed by atoms with Crippen LogP contribution in [0.5, 0.6) is 0 Å². The Bertz CT molecular complexity index is 2900. The molecule has 0 aliphatic heterocycles. The zero-order valence-electron chi connectivity index (χ0n) is 43.2. The highest BCUT2D eigenvalue weighted by molar-refractivity contribution is 9.10. The van der Waals surface area contributed by atoms with Gasteiger partial charge in [-0.3, -0.25) is 29.9 Å². The van der Waals surface area contributed by atoms with Crippen LogP contribution < -0.4 is 26.3 Å². The second-order valence-corrected chi connectivity index (χ2v) is 16.8. The number of pyridine rings is 4. The average molecular weight is 1170 g/mol. The van der Waals surface area contributed by atoms with E-state index in [9.17, 15) is 27.2 Å². The SMILES string of the molecule is C.CCOC(=O)CCCCCCN(c1ccc(F)cn1)c1nc(C)no1.Cc1noc(N(CCCCCCC(=O)NO)c2ccc(F)cn2)n1.Cc1noc(N)n1.Cc1noc(Nc2ccc(F)cn2)n1.Fc1ccc(Br)nc1. The molecule has 0 radical (unpaired) electrons. The molecule has 5 N–H and O–H groups in total. The van der Waals surface area contributed by atoms with Crippen molar-refractivity contribution < 1.29 is 55.2 Å². The van der Waals surface area contributed by atoms with Crippen LogP contribution >= 0.6 is 15.9 Å². The maximum atomic E-state index is 13.1. The Morgan fingerprint density at radius 2 is 1.05 bits per heavy atom. The van der Waals surface area contributed by atoms with Gasteiger partial charge in [0.25, 0.3) is 0 Å². The summed E-state index contributed by atoms with van der Waals surface area (Å²) in [4.78, 5) is 57.2. The topological polar surface area (TPSA) is 327 Å². The number of unbranched alkanes of at least 4 members (excludes halogenated alkanes) is 6. The molecule has 8 rings (SSSR count). The van der Waals surface area contributed by atoms with Crippen LogP contribution in [0.15, 0.2) is 96.0 Å². The highest BCUT2D eigenvalue weighted by Crippen LogP contribution is 2.24. The Hall–Kier alpha value is -8.54. The number of hydrogen-bond acceptors (Lipinski definition) is 24. The molecule has 25 nitrogen and oxygen atoms in total. The van der Waals surface area contributed by atoms with Crippen LogP contribution in [-0.2, 0) is 14.3 Å². The Morgan fingerprint density at radius 3 is 1.42 bits per heavy atom. The molecule has 0 saturated heterocycles. The van der Waals surface area contributed by atoms with Crippen LogP contribution in [0.25, 0.3) is 0 Å². The summed E-state index contributed by atoms with van der Waals surface area (Å²) in [5, 5.41) is 25.7. The Balaban J connectivity index is 0.000000279. The molecule has 0 aliphatic rings. The quantitative estimate of drug-likeness (QED) is 0.0130. The summed E-state index contributed by atoms with van der Waals surface area (Å²) in [5.74, 6) is 1.61. The molecule has 0 fully saturated rings. The van der Waals surface area contributed by atoms with Gasteiger partial charge < -0.3 is 28.6 Å². The zero-order valence-corrected chi connectivity index (χ0v) is 44.7. The number of esters is 1. The van der Waals surface area contributed by atoms with Crippen LogP contribution in [0.1, 0.15) is 102 Å². The lowest BCUT2D eigenvalue weighted by Gasteiger charge is -2.18. The standard InChI is InChI=1S/C17H23FN4O3.C15H20FN5O3.C8H7FN4O.C5H3BrFN.C3H5N3O.CH4/c1-3-24-16(23)8-6-4-5-7-11-22(17-20-13(2)21-25-17)15-10-9-14(18)12-19-15;1-11-18-15(24-20-11)21(13-8-7-12(16)10-17-13)9-5-3-2-4-6-14(22)19-23;1-5-11-8(14-13-5)12-7-3-2-6(9)4-10-7;6-5-2-1-4(7)3-8-5;1-2-5-3(4)7-6-2;/h9-10,12H,3-8,11H2,1-2H3;7-8,10,23H,2-6,9H2,1H3,(H,19,22);2-4H,1H3,(H,10,11,12,13);1-3H;1H3,(H2,4,5,6);1H4. The lowest BCUT2D eigenvalue weighted by Crippen LogP contribution is -2.20. The van der Waals surface area contributed by atoms with Gasteiger partial charge in [-0.1, -0.05) is 53.7 Å². The van der Waals surface area contributed by atoms with Gasteiger partial charge in [-0.25, -0.2) is 43.0 Å². The average Bonchev–Trinajstić information content (AvgIpc) is 4.26. The third-order valence-electron chi connectivity index (χ3n) is 9.67. The first-order valence-electron chi connectivity index (χ1n) is 24.0. The number of nitrogen functional groups attached to an aromatic ring is 1. The molecule has 0 unspecified atom stereocenters. The molecule has 0 atom stereocenters. The highest BCUT2D eigenvalue weighted by Gasteiger charge is 2.18. The number of rotatable bonds is 21. The number of anilines is 7. The fourth-order valence-electron chi connectivity index (χ4n) is 6.13. The molecule has 0 aliphatic carbocycles. The number of ether oxygens (including phenoxy) is 1. The summed E-state index contributed by atoms with van der Waals surface area (Å²) >= 11 is 3.07. The fourth-order valence-corrected chi connectivity index (χ4v) is 6.37. The minimum Gasteiger partial charge on any atom is -0.466 e. The Morgan fingerprint density at radius 1 is 0.595 bits per heavy atom. The minimum atomic E-state index is -0.414. The highest BCUT2D eigenvalue weighted by atomic mass is 79.9. The van der Waals surface area contributed by atoms with Gasteiger partial charge in [0.2, 0.25) is 5.91 Å². The fraction of sp³-hybridized carbons (Fsp3) is 0.388. The molecule has 30 heteroatoms. The number of aromatic nitrogens is 12. The first-order chi connectivity index (χ1) is 37.5. The smallest absolute Gasteiger partial charge is 0.329 e. The van der Waals surface area contributed by atoms with Crippen LogP contribution in [0.4, 0.5) is 59.1 Å². The van der Waals surface area contributed by atoms with E-state index in [1.54, 1.807) is 68.1 Å². The van der Waals surface area contributed by atoms with Crippen molar-refractivity contribution in [3.05, 3.63) is 124 Å². The molecule has 1 amide bonds. The molecule has 79 heavy (non-hydrogen) atoms. The van der Waals surface area contributed by atoms with Gasteiger partial charge in [0.15, 0.2) is 23.3 Å². The number of hydroxylamine groups is 1. The third kappa shape index (κ3) is 25.9. The third-order valence-corrected chi connectivity index (χ3v) is 10.1. The van der Waals surface area contributed by atoms with Gasteiger partial charge in [0.05, 0.1) is 31.4 Å². The number of nitrogens with two attached hydrogens (primary N) is 1. The van der Waals surface area contributed by atoms with E-state index in [0.717, 1.165) is 69.7 Å². The number of carbonyl (C=O) groups is 2. The molecule has 0 saturated carbocycles. The van der Waals surface area contributed by atoms with Gasteiger partial charge in [-0.2, -0.15) is 19.9 Å². The van der Waals surface area contributed by atoms with Crippen LogP contribution in [-0.4, -0.2) is 97.3 Å². The molecule has 0 bridgehead atoms. The molecule has 0 spiro atoms. The maximum Gasteiger partial charge on any atom is 0.329 e. The van der Waals surface area contributed by atoms with Crippen LogP contribution in [0, 0.1) is 51.0 Å². The van der Waals surface area contributed by atoms with Crippen molar-refractivity contribution in [2.24, 2.45) is 0 Å². The summed E-state index contributed by atoms with van der Waals surface area (Å²) in [5.41, 5.74) is 6.65. The number of aryl methyl sites for hydroxylation is 4. The normalized spacial score (nSPS) is 10.2. The van der Waals surface area contributed by atoms with Crippen molar-refractivity contribution in [3.8, 4) is 0 Å². The lowest BCUT2D eigenvalue weighted by molar-refractivity contribution is -0.143. The largest absolute Gasteiger partial charge is 0.466 e. The number of carbonyl (C=O) groups excluding carboxylic acids is 2. The van der Waals surface area contributed by atoms with Gasteiger partial charge in [-0.05, 0) is 125 Å². The van der Waals surface area contributed by atoms with Crippen molar-refractivity contribution >= 4 is 69.3 Å². The van der Waals surface area contributed by atoms with E-state index in [1.807, 2.05) is 0 Å². The summed E-state index contributed by atoms with van der Waals surface area (Å²) < 4.78 is 75.8. The molecule has 8 heterocycles. The molecule has 8 aromatic heterocycles. The maximum absolute atomic E-state index is 13.1. The zero-order chi connectivity index (χ0) is 56.7. The predicted octanol–water partition coefficient (Wildman–Crippen LogP) is 10.3. The first-order valence-corrected chi connectivity index (χ1v) is 24.8. The summed E-state index contributed by atoms with van der Waals surface area (Å²) in [6, 6.07) is 12.5. The van der Waals surface area contributed by atoms with Gasteiger partial charge >= 0.3 is 30.0 Å². The summed E-state index contributed by atoms with van der Waals surface area (Å²) in [6.45, 7) is 10.3. The Labute approximate surface area is 460 Å². The van der Waals surface area contributed by atoms with Crippen molar-refractivity contribution in [1.82, 2.24) is 66.0 Å².